The number of nitrogens with one attached hydrogen (secondary N) is 2. The molecule has 1 aromatic carbocycles. The van der Waals surface area contributed by atoms with E-state index in [0.717, 1.165) is 32.1 Å². The minimum atomic E-state index is 0.625. The van der Waals surface area contributed by atoms with Gasteiger partial charge in [-0.3, -0.25) is 0 Å². The van der Waals surface area contributed by atoms with Crippen molar-refractivity contribution < 1.29 is 0 Å². The van der Waals surface area contributed by atoms with Crippen molar-refractivity contribution in [1.82, 2.24) is 20.2 Å². The first-order chi connectivity index (χ1) is 9.35. The number of nitrogens with zero attached hydrogens (tertiary/aromatic N) is 3. The predicted octanol–water partition coefficient (Wildman–Crippen LogP) is 3.14. The quantitative estimate of drug-likeness (QED) is 0.707. The zero-order valence-electron chi connectivity index (χ0n) is 10.4. The van der Waals surface area contributed by atoms with Gasteiger partial charge in [-0.2, -0.15) is 0 Å². The molecule has 0 unspecified atom stereocenters. The average Bonchev–Trinajstić information content (AvgIpc) is 3.02. The lowest BCUT2D eigenvalue weighted by molar-refractivity contribution is 0.967. The van der Waals surface area contributed by atoms with Crippen LogP contribution >= 0.6 is 23.1 Å². The van der Waals surface area contributed by atoms with E-state index in [1.165, 1.54) is 0 Å². The highest BCUT2D eigenvalue weighted by molar-refractivity contribution is 8.01. The second-order valence-electron chi connectivity index (χ2n) is 3.86. The number of para-hydroxylation sites is 2. The molecule has 2 heterocycles. The number of benzene rings is 1. The third-order valence-corrected chi connectivity index (χ3v) is 4.42. The molecule has 7 heteroatoms. The molecule has 0 fully saturated rings. The van der Waals surface area contributed by atoms with Crippen molar-refractivity contribution in [2.45, 2.75) is 17.8 Å². The Balaban J connectivity index is 1.67. The van der Waals surface area contributed by atoms with Crippen LogP contribution in [0.25, 0.3) is 11.0 Å². The summed E-state index contributed by atoms with van der Waals surface area (Å²) < 4.78 is 0.995. The Morgan fingerprint density at radius 3 is 3.05 bits per heavy atom. The SMILES string of the molecule is CCSc1nnc(NCc2nc3ccccc3[nH]2)s1. The lowest BCUT2D eigenvalue weighted by Crippen LogP contribution is -2.00. The van der Waals surface area contributed by atoms with Crippen molar-refractivity contribution in [1.29, 1.82) is 0 Å². The summed E-state index contributed by atoms with van der Waals surface area (Å²) in [6.45, 7) is 2.73. The Bertz CT molecular complexity index is 642. The molecule has 3 rings (SSSR count). The highest BCUT2D eigenvalue weighted by Crippen LogP contribution is 2.25. The summed E-state index contributed by atoms with van der Waals surface area (Å²) in [6.07, 6.45) is 0. The average molecular weight is 291 g/mol. The minimum absolute atomic E-state index is 0.625. The largest absolute Gasteiger partial charge is 0.353 e. The summed E-state index contributed by atoms with van der Waals surface area (Å²) in [7, 11) is 0. The molecule has 2 N–H and O–H groups in total. The highest BCUT2D eigenvalue weighted by Gasteiger charge is 2.05. The molecule has 0 saturated carbocycles. The molecule has 0 atom stereocenters. The number of rotatable bonds is 5. The third-order valence-electron chi connectivity index (χ3n) is 2.52. The van der Waals surface area contributed by atoms with Crippen LogP contribution in [-0.4, -0.2) is 25.9 Å². The Hall–Kier alpha value is -1.60. The topological polar surface area (TPSA) is 66.5 Å². The number of thioether (sulfide) groups is 1. The summed E-state index contributed by atoms with van der Waals surface area (Å²) in [6, 6.07) is 8.00. The van der Waals surface area contributed by atoms with Gasteiger partial charge < -0.3 is 10.3 Å². The van der Waals surface area contributed by atoms with E-state index in [9.17, 15) is 0 Å². The van der Waals surface area contributed by atoms with Gasteiger partial charge in [-0.25, -0.2) is 4.98 Å². The second-order valence-corrected chi connectivity index (χ2v) is 6.35. The van der Waals surface area contributed by atoms with Gasteiger partial charge in [0.15, 0.2) is 4.34 Å². The van der Waals surface area contributed by atoms with E-state index in [0.29, 0.717) is 6.54 Å². The van der Waals surface area contributed by atoms with Gasteiger partial charge in [-0.05, 0) is 17.9 Å². The molecule has 0 aliphatic heterocycles. The van der Waals surface area contributed by atoms with Crippen molar-refractivity contribution >= 4 is 39.3 Å². The van der Waals surface area contributed by atoms with E-state index in [4.69, 9.17) is 0 Å². The van der Waals surface area contributed by atoms with Gasteiger partial charge in [0.1, 0.15) is 5.82 Å². The van der Waals surface area contributed by atoms with Gasteiger partial charge in [0.2, 0.25) is 5.13 Å². The Labute approximate surface area is 118 Å². The second kappa shape index (κ2) is 5.58. The van der Waals surface area contributed by atoms with E-state index < -0.39 is 0 Å². The number of anilines is 1. The molecule has 0 radical (unpaired) electrons. The van der Waals surface area contributed by atoms with E-state index in [-0.39, 0.29) is 0 Å². The Morgan fingerprint density at radius 1 is 1.32 bits per heavy atom. The molecule has 0 saturated heterocycles. The van der Waals surface area contributed by atoms with Crippen molar-refractivity contribution in [2.75, 3.05) is 11.1 Å². The van der Waals surface area contributed by atoms with Gasteiger partial charge in [0.05, 0.1) is 17.6 Å². The van der Waals surface area contributed by atoms with Crippen LogP contribution in [0.1, 0.15) is 12.7 Å². The first-order valence-corrected chi connectivity index (χ1v) is 7.79. The molecular formula is C12H13N5S2. The number of hydrogen-bond donors (Lipinski definition) is 2. The zero-order chi connectivity index (χ0) is 13.1. The lowest BCUT2D eigenvalue weighted by Gasteiger charge is -1.96. The fraction of sp³-hybridized carbons (Fsp3) is 0.250. The van der Waals surface area contributed by atoms with Crippen LogP contribution in [0.4, 0.5) is 5.13 Å². The number of imidazole rings is 1. The molecule has 0 aliphatic rings. The maximum Gasteiger partial charge on any atom is 0.206 e. The molecule has 98 valence electrons. The number of aromatic amines is 1. The standard InChI is InChI=1S/C12H13N5S2/c1-2-18-12-17-16-11(19-12)13-7-10-14-8-5-3-4-6-9(8)15-10/h3-6H,2,7H2,1H3,(H,13,16)(H,14,15). The number of hydrogen-bond acceptors (Lipinski definition) is 6. The van der Waals surface area contributed by atoms with Crippen LogP contribution in [0.3, 0.4) is 0 Å². The fourth-order valence-corrected chi connectivity index (χ4v) is 3.36. The van der Waals surface area contributed by atoms with Crippen molar-refractivity contribution in [3.63, 3.8) is 0 Å². The van der Waals surface area contributed by atoms with E-state index in [1.807, 2.05) is 24.3 Å². The summed E-state index contributed by atoms with van der Waals surface area (Å²) in [4.78, 5) is 7.78. The number of H-pyrrole nitrogens is 1. The Kier molecular flexibility index (Phi) is 3.65. The van der Waals surface area contributed by atoms with Gasteiger partial charge >= 0.3 is 0 Å². The van der Waals surface area contributed by atoms with Crippen LogP contribution in [0.15, 0.2) is 28.6 Å². The van der Waals surface area contributed by atoms with Crippen LogP contribution in [0.5, 0.6) is 0 Å². The molecule has 0 amide bonds. The molecule has 0 aliphatic carbocycles. The highest BCUT2D eigenvalue weighted by atomic mass is 32.2. The maximum absolute atomic E-state index is 4.50. The summed E-state index contributed by atoms with van der Waals surface area (Å²) in [5.74, 6) is 1.92. The lowest BCUT2D eigenvalue weighted by atomic mass is 10.3. The van der Waals surface area contributed by atoms with Crippen LogP contribution < -0.4 is 5.32 Å². The normalized spacial score (nSPS) is 11.0. The zero-order valence-corrected chi connectivity index (χ0v) is 12.0. The van der Waals surface area contributed by atoms with Gasteiger partial charge in [0, 0.05) is 0 Å². The van der Waals surface area contributed by atoms with Gasteiger partial charge in [0.25, 0.3) is 0 Å². The van der Waals surface area contributed by atoms with Crippen molar-refractivity contribution in [2.24, 2.45) is 0 Å². The van der Waals surface area contributed by atoms with Crippen LogP contribution in [-0.2, 0) is 6.54 Å². The monoisotopic (exact) mass is 291 g/mol. The number of aromatic nitrogens is 4. The van der Waals surface area contributed by atoms with E-state index >= 15 is 0 Å². The maximum atomic E-state index is 4.50. The fourth-order valence-electron chi connectivity index (χ4n) is 1.71. The summed E-state index contributed by atoms with van der Waals surface area (Å²) in [5, 5.41) is 12.3. The molecular weight excluding hydrogens is 278 g/mol. The molecule has 2 aromatic heterocycles. The van der Waals surface area contributed by atoms with E-state index in [1.54, 1.807) is 23.1 Å². The Morgan fingerprint density at radius 2 is 2.21 bits per heavy atom. The van der Waals surface area contributed by atoms with Crippen molar-refractivity contribution in [3.05, 3.63) is 30.1 Å². The minimum Gasteiger partial charge on any atom is -0.353 e. The molecule has 19 heavy (non-hydrogen) atoms. The first kappa shape index (κ1) is 12.4. The number of fused-ring (bicyclic) bond motifs is 1. The van der Waals surface area contributed by atoms with Crippen molar-refractivity contribution in [3.8, 4) is 0 Å². The molecule has 0 bridgehead atoms. The van der Waals surface area contributed by atoms with E-state index in [2.05, 4.69) is 32.4 Å². The smallest absolute Gasteiger partial charge is 0.206 e. The summed E-state index contributed by atoms with van der Waals surface area (Å²) in [5.41, 5.74) is 2.04. The molecule has 3 aromatic rings. The predicted molar refractivity (Wildman–Crippen MR) is 79.7 cm³/mol. The summed E-state index contributed by atoms with van der Waals surface area (Å²) >= 11 is 3.27. The molecule has 0 spiro atoms. The van der Waals surface area contributed by atoms with Crippen LogP contribution in [0, 0.1) is 0 Å². The third kappa shape index (κ3) is 2.87. The van der Waals surface area contributed by atoms with Gasteiger partial charge in [-0.15, -0.1) is 10.2 Å². The first-order valence-electron chi connectivity index (χ1n) is 5.99. The van der Waals surface area contributed by atoms with Crippen LogP contribution in [0.2, 0.25) is 0 Å². The molecule has 5 nitrogen and oxygen atoms in total. The van der Waals surface area contributed by atoms with Gasteiger partial charge in [-0.1, -0.05) is 42.2 Å².